The lowest BCUT2D eigenvalue weighted by atomic mass is 9.56. The molecule has 0 aliphatic carbocycles. The van der Waals surface area contributed by atoms with Gasteiger partial charge in [-0.2, -0.15) is 0 Å². The van der Waals surface area contributed by atoms with Crippen LogP contribution in [-0.2, 0) is 42.8 Å². The Bertz CT molecular complexity index is 6020. The molecule has 10 heteroatoms. The van der Waals surface area contributed by atoms with Gasteiger partial charge in [0.25, 0.3) is 0 Å². The summed E-state index contributed by atoms with van der Waals surface area (Å²) in [6.07, 6.45) is 3.45. The van der Waals surface area contributed by atoms with E-state index in [4.69, 9.17) is 28.4 Å². The van der Waals surface area contributed by atoms with Gasteiger partial charge in [-0.3, -0.25) is 0 Å². The molecule has 0 radical (unpaired) electrons. The molecule has 16 aromatic rings. The summed E-state index contributed by atoms with van der Waals surface area (Å²) in [6, 6.07) is 148. The molecule has 16 rings (SSSR count). The number of hydrogen-bond acceptors (Lipinski definition) is 10. The van der Waals surface area contributed by atoms with E-state index in [9.17, 15) is 0 Å². The Balaban J connectivity index is 0.661. The third-order valence-corrected chi connectivity index (χ3v) is 24.0. The van der Waals surface area contributed by atoms with Crippen LogP contribution in [0.1, 0.15) is 106 Å². The highest BCUT2D eigenvalue weighted by molar-refractivity contribution is 5.81. The SMILES string of the molecule is CCC(CC)(c1ccc(OCc2ccccc2)cc1)N(c1ccc(Oc2cccc(N(c3ccc(C(CC)(CC)C(C)(C)c4ccc(N(c5ccccc5)c5ccc(Oc6cccc(N(c7ccccc7)c7cccc(OCc8ccccc8)c7)c6)cc5)cc4)cc3)c3cccc(OCc4ccccc4)c3)c2)cc1)c1cccc(OCc2ccccc2)c1. The van der Waals surface area contributed by atoms with Crippen molar-refractivity contribution in [3.05, 3.63) is 464 Å². The summed E-state index contributed by atoms with van der Waals surface area (Å²) in [7, 11) is 0. The third-order valence-electron chi connectivity index (χ3n) is 24.0. The molecule has 0 heterocycles. The maximum Gasteiger partial charge on any atom is 0.129 e. The summed E-state index contributed by atoms with van der Waals surface area (Å²) in [5.41, 5.74) is 18.0. The van der Waals surface area contributed by atoms with Gasteiger partial charge in [0.1, 0.15) is 72.4 Å². The zero-order valence-corrected chi connectivity index (χ0v) is 70.8. The lowest BCUT2D eigenvalue weighted by molar-refractivity contribution is 0.231. The van der Waals surface area contributed by atoms with E-state index >= 15 is 0 Å². The van der Waals surface area contributed by atoms with Crippen LogP contribution in [0, 0.1) is 0 Å². The second-order valence-electron chi connectivity index (χ2n) is 31.6. The maximum atomic E-state index is 6.97. The van der Waals surface area contributed by atoms with Gasteiger partial charge in [0.2, 0.25) is 0 Å². The van der Waals surface area contributed by atoms with Crippen molar-refractivity contribution >= 4 is 62.6 Å². The first kappa shape index (κ1) is 82.2. The Kier molecular flexibility index (Phi) is 25.9. The van der Waals surface area contributed by atoms with E-state index in [-0.39, 0.29) is 10.8 Å². The first-order valence-electron chi connectivity index (χ1n) is 42.8. The van der Waals surface area contributed by atoms with Crippen LogP contribution in [0.5, 0.6) is 46.0 Å². The minimum absolute atomic E-state index is 0.264. The highest BCUT2D eigenvalue weighted by Gasteiger charge is 2.45. The minimum atomic E-state index is -0.474. The monoisotopic (exact) mass is 1610 g/mol. The predicted octanol–water partition coefficient (Wildman–Crippen LogP) is 30.9. The molecule has 0 unspecified atom stereocenters. The van der Waals surface area contributed by atoms with E-state index in [1.807, 2.05) is 121 Å². The molecule has 0 saturated heterocycles. The highest BCUT2D eigenvalue weighted by Crippen LogP contribution is 2.52. The van der Waals surface area contributed by atoms with Crippen molar-refractivity contribution in [2.75, 3.05) is 19.6 Å². The summed E-state index contributed by atoms with van der Waals surface area (Å²) >= 11 is 0. The fourth-order valence-corrected chi connectivity index (χ4v) is 17.3. The Morgan fingerprint density at radius 1 is 0.203 bits per heavy atom. The zero-order valence-electron chi connectivity index (χ0n) is 70.8. The number of para-hydroxylation sites is 2. The number of benzene rings is 16. The average molecular weight is 1610 g/mol. The molecule has 0 amide bonds. The van der Waals surface area contributed by atoms with Crippen LogP contribution in [0.3, 0.4) is 0 Å². The quantitative estimate of drug-likeness (QED) is 0.0379. The highest BCUT2D eigenvalue weighted by atomic mass is 16.5. The molecule has 123 heavy (non-hydrogen) atoms. The predicted molar refractivity (Wildman–Crippen MR) is 506 cm³/mol. The van der Waals surface area contributed by atoms with Gasteiger partial charge >= 0.3 is 0 Å². The molecule has 10 nitrogen and oxygen atoms in total. The van der Waals surface area contributed by atoms with Crippen LogP contribution in [0.2, 0.25) is 0 Å². The first-order chi connectivity index (χ1) is 60.4. The maximum absolute atomic E-state index is 6.97. The van der Waals surface area contributed by atoms with Gasteiger partial charge in [0.15, 0.2) is 0 Å². The van der Waals surface area contributed by atoms with Crippen molar-refractivity contribution in [1.82, 2.24) is 0 Å². The summed E-state index contributed by atoms with van der Waals surface area (Å²) in [6.45, 7) is 15.9. The van der Waals surface area contributed by atoms with Crippen LogP contribution < -0.4 is 48.0 Å². The van der Waals surface area contributed by atoms with Crippen molar-refractivity contribution in [2.45, 2.75) is 110 Å². The van der Waals surface area contributed by atoms with Gasteiger partial charge in [0.05, 0.1) is 5.54 Å². The fourth-order valence-electron chi connectivity index (χ4n) is 17.3. The van der Waals surface area contributed by atoms with Crippen LogP contribution in [0.15, 0.2) is 425 Å². The Morgan fingerprint density at radius 2 is 0.463 bits per heavy atom. The van der Waals surface area contributed by atoms with E-state index < -0.39 is 5.54 Å². The molecular formula is C113H104N4O6. The molecule has 0 atom stereocenters. The van der Waals surface area contributed by atoms with Crippen LogP contribution in [0.4, 0.5) is 62.6 Å². The van der Waals surface area contributed by atoms with Crippen LogP contribution >= 0.6 is 0 Å². The summed E-state index contributed by atoms with van der Waals surface area (Å²) in [4.78, 5) is 9.31. The number of rotatable bonds is 36. The molecule has 612 valence electrons. The number of anilines is 11. The Labute approximate surface area is 725 Å². The Hall–Kier alpha value is -14.5. The molecule has 0 N–H and O–H groups in total. The summed E-state index contributed by atoms with van der Waals surface area (Å²) in [5, 5.41) is 0. The van der Waals surface area contributed by atoms with Crippen molar-refractivity contribution < 1.29 is 28.4 Å². The Morgan fingerprint density at radius 3 is 0.821 bits per heavy atom. The normalized spacial score (nSPS) is 11.4. The second-order valence-corrected chi connectivity index (χ2v) is 31.6. The minimum Gasteiger partial charge on any atom is -0.489 e. The van der Waals surface area contributed by atoms with Crippen LogP contribution in [0.25, 0.3) is 0 Å². The molecule has 0 bridgehead atoms. The van der Waals surface area contributed by atoms with Gasteiger partial charge in [-0.15, -0.1) is 0 Å². The van der Waals surface area contributed by atoms with Gasteiger partial charge in [-0.25, -0.2) is 0 Å². The van der Waals surface area contributed by atoms with E-state index in [1.54, 1.807) is 0 Å². The topological polar surface area (TPSA) is 68.3 Å². The molecule has 0 spiro atoms. The van der Waals surface area contributed by atoms with Crippen molar-refractivity contribution in [3.8, 4) is 46.0 Å². The van der Waals surface area contributed by atoms with Crippen molar-refractivity contribution in [2.24, 2.45) is 0 Å². The number of ether oxygens (including phenoxy) is 6. The zero-order chi connectivity index (χ0) is 84.2. The lowest BCUT2D eigenvalue weighted by Gasteiger charge is -2.47. The second kappa shape index (κ2) is 38.7. The molecule has 0 aromatic heterocycles. The van der Waals surface area contributed by atoms with Gasteiger partial charge < -0.3 is 48.0 Å². The van der Waals surface area contributed by atoms with Gasteiger partial charge in [-0.1, -0.05) is 266 Å². The average Bonchev–Trinajstić information content (AvgIpc) is 0.747. The standard InChI is InChI=1S/C113H104N4O6/c1-7-112(8-2,111(5,6)89-56-62-94(63-57-89)114(92-42-25-15-26-43-92)96-66-72-104(73-67-96)122-109-54-31-48-100(78-109)115(93-44-27-16-28-45-93)98-46-29-51-106(76-98)119-82-86-36-19-12-20-37-86)90-58-64-95(65-59-90)116(99-47-30-52-107(77-99)120-83-87-38-21-13-22-39-87)101-49-32-55-110(79-101)123-105-74-68-97(69-75-105)117(102-50-33-53-108(80-102)121-84-88-40-23-14-24-41-88)113(9-3,10-4)91-60-70-103(71-61-91)118-81-85-34-17-11-18-35-85/h11-80H,7-10,81-84H2,1-6H3. The van der Waals surface area contributed by atoms with E-state index in [0.717, 1.165) is 139 Å². The van der Waals surface area contributed by atoms with Crippen molar-refractivity contribution in [3.63, 3.8) is 0 Å². The number of nitrogens with zero attached hydrogens (tertiary/aromatic N) is 4. The first-order valence-corrected chi connectivity index (χ1v) is 42.8. The van der Waals surface area contributed by atoms with Gasteiger partial charge in [-0.05, 0) is 240 Å². The summed E-state index contributed by atoms with van der Waals surface area (Å²) < 4.78 is 39.4. The fraction of sp³-hybridized carbons (Fsp3) is 0.150. The third kappa shape index (κ3) is 19.1. The summed E-state index contributed by atoms with van der Waals surface area (Å²) in [5.74, 6) is 5.99. The molecular weight excluding hydrogens is 1510 g/mol. The van der Waals surface area contributed by atoms with E-state index in [2.05, 4.69) is 364 Å². The largest absolute Gasteiger partial charge is 0.489 e. The molecule has 16 aromatic carbocycles. The molecule has 0 aliphatic heterocycles. The molecule has 0 saturated carbocycles. The molecule has 0 aliphatic rings. The van der Waals surface area contributed by atoms with E-state index in [0.29, 0.717) is 43.7 Å². The number of hydrogen-bond donors (Lipinski definition) is 0. The van der Waals surface area contributed by atoms with Gasteiger partial charge in [0, 0.05) is 98.3 Å². The van der Waals surface area contributed by atoms with Crippen LogP contribution in [-0.4, -0.2) is 0 Å². The van der Waals surface area contributed by atoms with E-state index in [1.165, 1.54) is 16.7 Å². The lowest BCUT2D eigenvalue weighted by Crippen LogP contribution is -2.44. The molecule has 0 fully saturated rings. The smallest absolute Gasteiger partial charge is 0.129 e. The van der Waals surface area contributed by atoms with Crippen molar-refractivity contribution in [1.29, 1.82) is 0 Å².